The molecule has 0 saturated heterocycles. The highest BCUT2D eigenvalue weighted by Gasteiger charge is 2.28. The molecule has 0 heterocycles. The standard InChI is InChI=1S/C24H26N2O3S/c1-17-10-12-22(19(3)14-17)25-24(27)16-26(23-13-11-18(2)15-20(23)4)30(28,29)21-8-6-5-7-9-21/h5-15H,16H2,1-4H3,(H,25,27). The number of anilines is 2. The van der Waals surface area contributed by atoms with Crippen LogP contribution in [0.25, 0.3) is 0 Å². The van der Waals surface area contributed by atoms with E-state index in [0.717, 1.165) is 22.3 Å². The van der Waals surface area contributed by atoms with Crippen molar-refractivity contribution in [3.63, 3.8) is 0 Å². The first-order valence-corrected chi connectivity index (χ1v) is 11.1. The molecule has 1 N–H and O–H groups in total. The van der Waals surface area contributed by atoms with Gasteiger partial charge in [-0.1, -0.05) is 53.6 Å². The lowest BCUT2D eigenvalue weighted by Crippen LogP contribution is -2.38. The molecule has 5 nitrogen and oxygen atoms in total. The lowest BCUT2D eigenvalue weighted by atomic mass is 10.1. The highest BCUT2D eigenvalue weighted by Crippen LogP contribution is 2.28. The van der Waals surface area contributed by atoms with Gasteiger partial charge in [0.15, 0.2) is 0 Å². The van der Waals surface area contributed by atoms with Crippen molar-refractivity contribution in [2.45, 2.75) is 32.6 Å². The molecule has 0 aliphatic rings. The van der Waals surface area contributed by atoms with Crippen LogP contribution in [0.5, 0.6) is 0 Å². The van der Waals surface area contributed by atoms with Crippen LogP contribution >= 0.6 is 0 Å². The fraction of sp³-hybridized carbons (Fsp3) is 0.208. The highest BCUT2D eigenvalue weighted by atomic mass is 32.2. The van der Waals surface area contributed by atoms with Gasteiger partial charge in [0, 0.05) is 5.69 Å². The molecule has 6 heteroatoms. The Kier molecular flexibility index (Phi) is 6.27. The third kappa shape index (κ3) is 4.71. The molecule has 0 spiro atoms. The van der Waals surface area contributed by atoms with Gasteiger partial charge in [0.25, 0.3) is 10.0 Å². The van der Waals surface area contributed by atoms with Crippen LogP contribution < -0.4 is 9.62 Å². The number of nitrogens with zero attached hydrogens (tertiary/aromatic N) is 1. The largest absolute Gasteiger partial charge is 0.324 e. The molecular weight excluding hydrogens is 396 g/mol. The van der Waals surface area contributed by atoms with E-state index in [-0.39, 0.29) is 11.4 Å². The van der Waals surface area contributed by atoms with E-state index in [2.05, 4.69) is 5.32 Å². The van der Waals surface area contributed by atoms with Crippen molar-refractivity contribution in [2.75, 3.05) is 16.2 Å². The molecule has 30 heavy (non-hydrogen) atoms. The summed E-state index contributed by atoms with van der Waals surface area (Å²) >= 11 is 0. The van der Waals surface area contributed by atoms with E-state index in [4.69, 9.17) is 0 Å². The smallest absolute Gasteiger partial charge is 0.264 e. The molecule has 0 aromatic heterocycles. The topological polar surface area (TPSA) is 66.5 Å². The number of amides is 1. The second-order valence-corrected chi connectivity index (χ2v) is 9.34. The van der Waals surface area contributed by atoms with Crippen molar-refractivity contribution in [2.24, 2.45) is 0 Å². The Balaban J connectivity index is 1.98. The first-order valence-electron chi connectivity index (χ1n) is 9.70. The summed E-state index contributed by atoms with van der Waals surface area (Å²) in [4.78, 5) is 13.0. The molecule has 156 valence electrons. The van der Waals surface area contributed by atoms with Gasteiger partial charge < -0.3 is 5.32 Å². The van der Waals surface area contributed by atoms with Crippen LogP contribution in [0.4, 0.5) is 11.4 Å². The third-order valence-electron chi connectivity index (χ3n) is 4.90. The van der Waals surface area contributed by atoms with Gasteiger partial charge in [0.05, 0.1) is 10.6 Å². The number of hydrogen-bond donors (Lipinski definition) is 1. The molecule has 0 unspecified atom stereocenters. The predicted octanol–water partition coefficient (Wildman–Crippen LogP) is 4.75. The normalized spacial score (nSPS) is 11.2. The zero-order chi connectivity index (χ0) is 21.9. The molecule has 3 aromatic carbocycles. The first kappa shape index (κ1) is 21.6. The summed E-state index contributed by atoms with van der Waals surface area (Å²) in [7, 11) is -3.92. The number of nitrogens with one attached hydrogen (secondary N) is 1. The fourth-order valence-electron chi connectivity index (χ4n) is 3.38. The minimum atomic E-state index is -3.92. The molecule has 0 fully saturated rings. The molecule has 0 saturated carbocycles. The van der Waals surface area contributed by atoms with Gasteiger partial charge in [0.1, 0.15) is 6.54 Å². The zero-order valence-electron chi connectivity index (χ0n) is 17.6. The molecular formula is C24H26N2O3S. The van der Waals surface area contributed by atoms with Crippen LogP contribution in [0.3, 0.4) is 0 Å². The second-order valence-electron chi connectivity index (χ2n) is 7.48. The van der Waals surface area contributed by atoms with E-state index < -0.39 is 15.9 Å². The average Bonchev–Trinajstić information content (AvgIpc) is 2.69. The van der Waals surface area contributed by atoms with Gasteiger partial charge in [0.2, 0.25) is 5.91 Å². The van der Waals surface area contributed by atoms with Crippen LogP contribution in [0.2, 0.25) is 0 Å². The lowest BCUT2D eigenvalue weighted by Gasteiger charge is -2.26. The number of carbonyl (C=O) groups is 1. The summed E-state index contributed by atoms with van der Waals surface area (Å²) in [6, 6.07) is 19.4. The van der Waals surface area contributed by atoms with E-state index in [1.165, 1.54) is 16.4 Å². The molecule has 0 radical (unpaired) electrons. The molecule has 0 bridgehead atoms. The summed E-state index contributed by atoms with van der Waals surface area (Å²) in [6.45, 7) is 7.35. The van der Waals surface area contributed by atoms with Gasteiger partial charge in [-0.2, -0.15) is 0 Å². The number of sulfonamides is 1. The first-order chi connectivity index (χ1) is 14.2. The molecule has 1 amide bonds. The summed E-state index contributed by atoms with van der Waals surface area (Å²) in [5, 5.41) is 2.85. The van der Waals surface area contributed by atoms with Gasteiger partial charge in [-0.05, 0) is 63.1 Å². The number of aryl methyl sites for hydroxylation is 4. The maximum absolute atomic E-state index is 13.4. The fourth-order valence-corrected chi connectivity index (χ4v) is 4.89. The van der Waals surface area contributed by atoms with Crippen molar-refractivity contribution >= 4 is 27.3 Å². The van der Waals surface area contributed by atoms with Gasteiger partial charge in [-0.25, -0.2) is 8.42 Å². The monoisotopic (exact) mass is 422 g/mol. The van der Waals surface area contributed by atoms with Crippen molar-refractivity contribution < 1.29 is 13.2 Å². The van der Waals surface area contributed by atoms with Crippen LogP contribution in [-0.2, 0) is 14.8 Å². The van der Waals surface area contributed by atoms with E-state index in [0.29, 0.717) is 11.4 Å². The van der Waals surface area contributed by atoms with Crippen molar-refractivity contribution in [3.8, 4) is 0 Å². The second kappa shape index (κ2) is 8.71. The van der Waals surface area contributed by atoms with Gasteiger partial charge >= 0.3 is 0 Å². The quantitative estimate of drug-likeness (QED) is 0.623. The molecule has 0 atom stereocenters. The average molecular weight is 423 g/mol. The van der Waals surface area contributed by atoms with Crippen LogP contribution in [-0.4, -0.2) is 20.9 Å². The number of hydrogen-bond acceptors (Lipinski definition) is 3. The molecule has 3 aromatic rings. The Bertz CT molecular complexity index is 1170. The lowest BCUT2D eigenvalue weighted by molar-refractivity contribution is -0.114. The minimum Gasteiger partial charge on any atom is -0.324 e. The van der Waals surface area contributed by atoms with Crippen molar-refractivity contribution in [1.29, 1.82) is 0 Å². The van der Waals surface area contributed by atoms with E-state index in [9.17, 15) is 13.2 Å². The summed E-state index contributed by atoms with van der Waals surface area (Å²) in [6.07, 6.45) is 0. The maximum Gasteiger partial charge on any atom is 0.264 e. The van der Waals surface area contributed by atoms with Gasteiger partial charge in [-0.3, -0.25) is 9.10 Å². The molecule has 0 aliphatic heterocycles. The number of rotatable bonds is 6. The predicted molar refractivity (Wildman–Crippen MR) is 121 cm³/mol. The third-order valence-corrected chi connectivity index (χ3v) is 6.67. The highest BCUT2D eigenvalue weighted by molar-refractivity contribution is 7.92. The Labute approximate surface area is 178 Å². The van der Waals surface area contributed by atoms with Crippen LogP contribution in [0.1, 0.15) is 22.3 Å². The van der Waals surface area contributed by atoms with Crippen LogP contribution in [0, 0.1) is 27.7 Å². The van der Waals surface area contributed by atoms with E-state index in [1.54, 1.807) is 24.3 Å². The molecule has 3 rings (SSSR count). The Morgan fingerprint density at radius 3 is 2.03 bits per heavy atom. The maximum atomic E-state index is 13.4. The summed E-state index contributed by atoms with van der Waals surface area (Å²) < 4.78 is 28.0. The number of carbonyl (C=O) groups excluding carboxylic acids is 1. The SMILES string of the molecule is Cc1ccc(NC(=O)CN(c2ccc(C)cc2C)S(=O)(=O)c2ccccc2)c(C)c1. The Morgan fingerprint density at radius 2 is 1.43 bits per heavy atom. The summed E-state index contributed by atoms with van der Waals surface area (Å²) in [5.74, 6) is -0.401. The summed E-state index contributed by atoms with van der Waals surface area (Å²) in [5.41, 5.74) is 4.98. The van der Waals surface area contributed by atoms with Crippen molar-refractivity contribution in [1.82, 2.24) is 0 Å². The minimum absolute atomic E-state index is 0.143. The van der Waals surface area contributed by atoms with E-state index >= 15 is 0 Å². The Morgan fingerprint density at radius 1 is 0.833 bits per heavy atom. The Hall–Kier alpha value is -3.12. The van der Waals surface area contributed by atoms with Gasteiger partial charge in [-0.15, -0.1) is 0 Å². The number of benzene rings is 3. The zero-order valence-corrected chi connectivity index (χ0v) is 18.5. The molecule has 0 aliphatic carbocycles. The van der Waals surface area contributed by atoms with E-state index in [1.807, 2.05) is 58.0 Å². The van der Waals surface area contributed by atoms with Crippen LogP contribution in [0.15, 0.2) is 71.6 Å². The van der Waals surface area contributed by atoms with Crippen molar-refractivity contribution in [3.05, 3.63) is 89.0 Å².